The van der Waals surface area contributed by atoms with E-state index < -0.39 is 0 Å². The van der Waals surface area contributed by atoms with Gasteiger partial charge in [0.15, 0.2) is 0 Å². The van der Waals surface area contributed by atoms with Gasteiger partial charge in [-0.2, -0.15) is 10.4 Å². The van der Waals surface area contributed by atoms with Crippen LogP contribution < -0.4 is 4.90 Å². The van der Waals surface area contributed by atoms with Crippen molar-refractivity contribution in [1.29, 1.82) is 5.26 Å². The third-order valence-electron chi connectivity index (χ3n) is 2.91. The fourth-order valence-electron chi connectivity index (χ4n) is 1.84. The Morgan fingerprint density at radius 3 is 2.94 bits per heavy atom. The molecule has 2 rings (SSSR count). The smallest absolute Gasteiger partial charge is 0.0992 e. The molecule has 0 unspecified atom stereocenters. The molecule has 0 N–H and O–H groups in total. The van der Waals surface area contributed by atoms with Gasteiger partial charge in [-0.05, 0) is 30.2 Å². The molecule has 0 spiro atoms. The Balaban J connectivity index is 1.99. The number of aryl methyl sites for hydroxylation is 1. The van der Waals surface area contributed by atoms with Gasteiger partial charge in [-0.3, -0.25) is 4.68 Å². The molecular formula is C14H16N4. The minimum absolute atomic E-state index is 0.695. The van der Waals surface area contributed by atoms with Crippen molar-refractivity contribution in [2.24, 2.45) is 7.05 Å². The largest absolute Gasteiger partial charge is 0.374 e. The monoisotopic (exact) mass is 240 g/mol. The van der Waals surface area contributed by atoms with Gasteiger partial charge in [-0.25, -0.2) is 0 Å². The van der Waals surface area contributed by atoms with Crippen molar-refractivity contribution in [3.8, 4) is 6.07 Å². The zero-order valence-corrected chi connectivity index (χ0v) is 10.7. The summed E-state index contributed by atoms with van der Waals surface area (Å²) in [6, 6.07) is 9.81. The minimum atomic E-state index is 0.695. The first kappa shape index (κ1) is 12.2. The molecule has 0 aliphatic carbocycles. The highest BCUT2D eigenvalue weighted by molar-refractivity contribution is 5.50. The van der Waals surface area contributed by atoms with Gasteiger partial charge in [0, 0.05) is 32.5 Å². The molecule has 1 aromatic carbocycles. The van der Waals surface area contributed by atoms with E-state index in [1.54, 1.807) is 0 Å². The van der Waals surface area contributed by atoms with Gasteiger partial charge in [-0.15, -0.1) is 0 Å². The molecule has 0 saturated heterocycles. The maximum Gasteiger partial charge on any atom is 0.0992 e. The van der Waals surface area contributed by atoms with E-state index in [1.165, 1.54) is 5.56 Å². The summed E-state index contributed by atoms with van der Waals surface area (Å²) in [6.45, 7) is 0.903. The fourth-order valence-corrected chi connectivity index (χ4v) is 1.84. The quantitative estimate of drug-likeness (QED) is 0.820. The molecule has 18 heavy (non-hydrogen) atoms. The van der Waals surface area contributed by atoms with Gasteiger partial charge in [-0.1, -0.05) is 6.07 Å². The van der Waals surface area contributed by atoms with Crippen molar-refractivity contribution in [2.45, 2.75) is 6.42 Å². The maximum atomic E-state index is 8.87. The number of anilines is 1. The third-order valence-corrected chi connectivity index (χ3v) is 2.91. The van der Waals surface area contributed by atoms with E-state index in [1.807, 2.05) is 55.4 Å². The van der Waals surface area contributed by atoms with E-state index in [4.69, 9.17) is 5.26 Å². The highest BCUT2D eigenvalue weighted by Gasteiger charge is 2.03. The molecule has 0 atom stereocenters. The van der Waals surface area contributed by atoms with E-state index >= 15 is 0 Å². The zero-order valence-electron chi connectivity index (χ0n) is 10.7. The summed E-state index contributed by atoms with van der Waals surface area (Å²) in [7, 11) is 3.95. The van der Waals surface area contributed by atoms with Crippen LogP contribution in [0, 0.1) is 11.3 Å². The highest BCUT2D eigenvalue weighted by Crippen LogP contribution is 2.14. The summed E-state index contributed by atoms with van der Waals surface area (Å²) in [4.78, 5) is 2.15. The summed E-state index contributed by atoms with van der Waals surface area (Å²) in [5, 5.41) is 13.0. The maximum absolute atomic E-state index is 8.87. The van der Waals surface area contributed by atoms with Gasteiger partial charge in [0.25, 0.3) is 0 Å². The lowest BCUT2D eigenvalue weighted by atomic mass is 10.2. The second-order valence-electron chi connectivity index (χ2n) is 4.36. The Kier molecular flexibility index (Phi) is 3.63. The van der Waals surface area contributed by atoms with Crippen LogP contribution in [-0.2, 0) is 13.5 Å². The Hall–Kier alpha value is -2.28. The van der Waals surface area contributed by atoms with Crippen molar-refractivity contribution < 1.29 is 0 Å². The molecule has 2 aromatic rings. The molecule has 0 saturated carbocycles. The molecular weight excluding hydrogens is 224 g/mol. The fraction of sp³-hybridized carbons (Fsp3) is 0.286. The Bertz CT molecular complexity index is 565. The molecule has 0 bridgehead atoms. The van der Waals surface area contributed by atoms with Crippen LogP contribution in [0.15, 0.2) is 36.7 Å². The van der Waals surface area contributed by atoms with Gasteiger partial charge in [0.2, 0.25) is 0 Å². The Morgan fingerprint density at radius 1 is 1.44 bits per heavy atom. The van der Waals surface area contributed by atoms with Crippen LogP contribution in [0.4, 0.5) is 5.69 Å². The summed E-state index contributed by atoms with van der Waals surface area (Å²) >= 11 is 0. The van der Waals surface area contributed by atoms with Crippen molar-refractivity contribution >= 4 is 5.69 Å². The standard InChI is InChI=1S/C14H16N4/c1-17(7-6-13-10-16-18(2)11-13)14-5-3-4-12(8-14)9-15/h3-5,8,10-11H,6-7H2,1-2H3. The van der Waals surface area contributed by atoms with Crippen molar-refractivity contribution in [1.82, 2.24) is 9.78 Å². The minimum Gasteiger partial charge on any atom is -0.374 e. The topological polar surface area (TPSA) is 44.9 Å². The molecule has 0 fully saturated rings. The first-order valence-electron chi connectivity index (χ1n) is 5.88. The lowest BCUT2D eigenvalue weighted by Crippen LogP contribution is -2.20. The molecule has 0 amide bonds. The average molecular weight is 240 g/mol. The van der Waals surface area contributed by atoms with E-state index in [0.29, 0.717) is 5.56 Å². The number of likely N-dealkylation sites (N-methyl/N-ethyl adjacent to an activating group) is 1. The number of hydrogen-bond acceptors (Lipinski definition) is 3. The SMILES string of the molecule is CN(CCc1cnn(C)c1)c1cccc(C#N)c1. The lowest BCUT2D eigenvalue weighted by molar-refractivity contribution is 0.766. The molecule has 0 aliphatic rings. The van der Waals surface area contributed by atoms with Crippen LogP contribution in [0.5, 0.6) is 0 Å². The lowest BCUT2D eigenvalue weighted by Gasteiger charge is -2.18. The van der Waals surface area contributed by atoms with Crippen LogP contribution in [0.1, 0.15) is 11.1 Å². The molecule has 92 valence electrons. The number of nitriles is 1. The predicted octanol–water partition coefficient (Wildman–Crippen LogP) is 1.97. The van der Waals surface area contributed by atoms with Crippen LogP contribution in [0.2, 0.25) is 0 Å². The summed E-state index contributed by atoms with van der Waals surface area (Å²) in [5.41, 5.74) is 2.99. The van der Waals surface area contributed by atoms with E-state index in [0.717, 1.165) is 18.7 Å². The number of hydrogen-bond donors (Lipinski definition) is 0. The highest BCUT2D eigenvalue weighted by atomic mass is 15.2. The van der Waals surface area contributed by atoms with Gasteiger partial charge in [0.05, 0.1) is 17.8 Å². The van der Waals surface area contributed by atoms with Crippen LogP contribution in [0.3, 0.4) is 0 Å². The summed E-state index contributed by atoms with van der Waals surface area (Å²) in [6.07, 6.45) is 4.86. The van der Waals surface area contributed by atoms with Crippen molar-refractivity contribution in [2.75, 3.05) is 18.5 Å². The van der Waals surface area contributed by atoms with Crippen LogP contribution >= 0.6 is 0 Å². The van der Waals surface area contributed by atoms with Crippen molar-refractivity contribution in [3.63, 3.8) is 0 Å². The van der Waals surface area contributed by atoms with Crippen LogP contribution in [0.25, 0.3) is 0 Å². The second kappa shape index (κ2) is 5.37. The van der Waals surface area contributed by atoms with E-state index in [-0.39, 0.29) is 0 Å². The van der Waals surface area contributed by atoms with Gasteiger partial charge in [0.1, 0.15) is 0 Å². The first-order chi connectivity index (χ1) is 8.69. The predicted molar refractivity (Wildman–Crippen MR) is 71.3 cm³/mol. The molecule has 0 radical (unpaired) electrons. The van der Waals surface area contributed by atoms with Gasteiger partial charge >= 0.3 is 0 Å². The normalized spacial score (nSPS) is 10.1. The molecule has 4 nitrogen and oxygen atoms in total. The summed E-state index contributed by atoms with van der Waals surface area (Å²) < 4.78 is 1.81. The van der Waals surface area contributed by atoms with Gasteiger partial charge < -0.3 is 4.90 Å². The number of benzene rings is 1. The summed E-state index contributed by atoms with van der Waals surface area (Å²) in [5.74, 6) is 0. The second-order valence-corrected chi connectivity index (χ2v) is 4.36. The van der Waals surface area contributed by atoms with Crippen LogP contribution in [-0.4, -0.2) is 23.4 Å². The number of nitrogens with zero attached hydrogens (tertiary/aromatic N) is 4. The Morgan fingerprint density at radius 2 is 2.28 bits per heavy atom. The molecule has 1 heterocycles. The third kappa shape index (κ3) is 2.89. The zero-order chi connectivity index (χ0) is 13.0. The molecule has 1 aromatic heterocycles. The Labute approximate surface area is 107 Å². The molecule has 0 aliphatic heterocycles. The number of rotatable bonds is 4. The average Bonchev–Trinajstić information content (AvgIpc) is 2.82. The number of aromatic nitrogens is 2. The molecule has 4 heteroatoms. The van der Waals surface area contributed by atoms with E-state index in [9.17, 15) is 0 Å². The first-order valence-corrected chi connectivity index (χ1v) is 5.88. The van der Waals surface area contributed by atoms with E-state index in [2.05, 4.69) is 16.1 Å². The van der Waals surface area contributed by atoms with Crippen molar-refractivity contribution in [3.05, 3.63) is 47.8 Å².